The molecule has 4 aromatic rings. The van der Waals surface area contributed by atoms with E-state index in [1.54, 1.807) is 0 Å². The quantitative estimate of drug-likeness (QED) is 0.234. The van der Waals surface area contributed by atoms with Crippen LogP contribution in [0.5, 0.6) is 11.5 Å². The molecule has 0 amide bonds. The van der Waals surface area contributed by atoms with Crippen LogP contribution in [0.2, 0.25) is 0 Å². The number of hydrogen-bond donors (Lipinski definition) is 0. The van der Waals surface area contributed by atoms with Gasteiger partial charge in [-0.3, -0.25) is 0 Å². The van der Waals surface area contributed by atoms with Crippen LogP contribution in [-0.2, 0) is 0 Å². The van der Waals surface area contributed by atoms with Crippen molar-refractivity contribution < 1.29 is 9.05 Å². The van der Waals surface area contributed by atoms with Gasteiger partial charge >= 0.3 is 158 Å². The van der Waals surface area contributed by atoms with Gasteiger partial charge in [0.15, 0.2) is 0 Å². The van der Waals surface area contributed by atoms with Crippen LogP contribution in [0.3, 0.4) is 0 Å². The zero-order chi connectivity index (χ0) is 17.0. The third kappa shape index (κ3) is 2.51. The molecule has 0 aromatic heterocycles. The van der Waals surface area contributed by atoms with Crippen LogP contribution in [0.25, 0.3) is 32.7 Å². The molecule has 5 heteroatoms. The fourth-order valence-electron chi connectivity index (χ4n) is 3.42. The van der Waals surface area contributed by atoms with Crippen LogP contribution in [0.1, 0.15) is 0 Å². The Balaban J connectivity index is 2.02. The fourth-order valence-corrected chi connectivity index (χ4v) is 5.69. The Morgan fingerprint density at radius 2 is 1.08 bits per heavy atom. The molecule has 122 valence electrons. The predicted molar refractivity (Wildman–Crippen MR) is 107 cm³/mol. The van der Waals surface area contributed by atoms with Gasteiger partial charge in [0.25, 0.3) is 0 Å². The second-order valence-corrected chi connectivity index (χ2v) is 12.9. The number of benzene rings is 4. The van der Waals surface area contributed by atoms with E-state index in [1.165, 1.54) is 0 Å². The van der Waals surface area contributed by atoms with Crippen molar-refractivity contribution >= 4 is 53.2 Å². The first-order chi connectivity index (χ1) is 12.1. The van der Waals surface area contributed by atoms with Crippen LogP contribution in [0, 0.1) is 0 Å². The van der Waals surface area contributed by atoms with Crippen LogP contribution in [0.4, 0.5) is 0 Å². The molecule has 0 spiro atoms. The second-order valence-electron chi connectivity index (χ2n) is 5.93. The molecule has 0 bridgehead atoms. The summed E-state index contributed by atoms with van der Waals surface area (Å²) < 4.78 is 12.2. The Morgan fingerprint density at radius 3 is 1.56 bits per heavy atom. The monoisotopic (exact) mass is 430 g/mol. The third-order valence-electron chi connectivity index (χ3n) is 4.45. The van der Waals surface area contributed by atoms with Gasteiger partial charge in [0.05, 0.1) is 0 Å². The summed E-state index contributed by atoms with van der Waals surface area (Å²) in [6.45, 7) is 0. The first kappa shape index (κ1) is 15.5. The summed E-state index contributed by atoms with van der Waals surface area (Å²) in [6.07, 6.45) is 0. The van der Waals surface area contributed by atoms with E-state index in [0.29, 0.717) is 0 Å². The molecule has 1 heterocycles. The molecule has 25 heavy (non-hydrogen) atoms. The minimum absolute atomic E-state index is 0.746. The van der Waals surface area contributed by atoms with E-state index in [2.05, 4.69) is 51.5 Å². The summed E-state index contributed by atoms with van der Waals surface area (Å²) in [5, 5.41) is 1.91. The van der Waals surface area contributed by atoms with Crippen molar-refractivity contribution in [2.45, 2.75) is 0 Å². The second kappa shape index (κ2) is 5.62. The first-order valence-electron chi connectivity index (χ1n) is 7.85. The van der Waals surface area contributed by atoms with Crippen molar-refractivity contribution in [3.8, 4) is 22.6 Å². The molecule has 0 N–H and O–H groups in total. The normalized spacial score (nSPS) is 14.9. The van der Waals surface area contributed by atoms with E-state index in [9.17, 15) is 0 Å². The van der Waals surface area contributed by atoms with Gasteiger partial charge in [-0.05, 0) is 0 Å². The summed E-state index contributed by atoms with van der Waals surface area (Å²) in [4.78, 5) is 0. The van der Waals surface area contributed by atoms with E-state index in [1.807, 2.05) is 36.4 Å². The van der Waals surface area contributed by atoms with Crippen molar-refractivity contribution in [3.05, 3.63) is 72.8 Å². The van der Waals surface area contributed by atoms with Crippen LogP contribution >= 0.6 is 16.6 Å². The van der Waals surface area contributed by atoms with Crippen molar-refractivity contribution in [2.24, 2.45) is 0 Å². The van der Waals surface area contributed by atoms with Gasteiger partial charge in [0.1, 0.15) is 0 Å². The Morgan fingerprint density at radius 1 is 0.640 bits per heavy atom. The van der Waals surface area contributed by atoms with Crippen molar-refractivity contribution in [3.63, 3.8) is 0 Å². The molecule has 5 rings (SSSR count). The Hall–Kier alpha value is -1.76. The van der Waals surface area contributed by atoms with Crippen LogP contribution in [0.15, 0.2) is 72.8 Å². The maximum absolute atomic E-state index is 6.55. The number of halogens is 1. The van der Waals surface area contributed by atoms with Crippen molar-refractivity contribution in [1.29, 1.82) is 0 Å². The fraction of sp³-hybridized carbons (Fsp3) is 0. The van der Waals surface area contributed by atoms with Crippen molar-refractivity contribution in [2.75, 3.05) is 0 Å². The SMILES string of the molecule is ClP1(=[Se])Oc2ccc3ccccc3c2-c2c(ccc3ccccc23)O1. The van der Waals surface area contributed by atoms with E-state index in [4.69, 9.17) is 20.3 Å². The number of fused-ring (bicyclic) bond motifs is 7. The molecule has 1 aliphatic rings. The molecule has 0 aliphatic carbocycles. The molecular formula is C20H12ClO2PSe. The Kier molecular flexibility index (Phi) is 3.48. The van der Waals surface area contributed by atoms with Gasteiger partial charge in [0.2, 0.25) is 0 Å². The molecule has 0 saturated heterocycles. The summed E-state index contributed by atoms with van der Waals surface area (Å²) in [7, 11) is 0. The average molecular weight is 430 g/mol. The maximum atomic E-state index is 6.55. The summed E-state index contributed by atoms with van der Waals surface area (Å²) >= 11 is 9.45. The van der Waals surface area contributed by atoms with E-state index in [-0.39, 0.29) is 0 Å². The third-order valence-corrected chi connectivity index (χ3v) is 6.63. The Labute approximate surface area is 157 Å². The van der Waals surface area contributed by atoms with Gasteiger partial charge in [-0.2, -0.15) is 0 Å². The van der Waals surface area contributed by atoms with E-state index >= 15 is 0 Å². The molecule has 0 atom stereocenters. The molecule has 0 saturated carbocycles. The topological polar surface area (TPSA) is 18.5 Å². The van der Waals surface area contributed by atoms with E-state index < -0.39 is 5.32 Å². The first-order valence-corrected chi connectivity index (χ1v) is 12.6. The number of rotatable bonds is 0. The van der Waals surface area contributed by atoms with Gasteiger partial charge in [0, 0.05) is 0 Å². The molecular weight excluding hydrogens is 418 g/mol. The molecule has 2 nitrogen and oxygen atoms in total. The van der Waals surface area contributed by atoms with Crippen LogP contribution in [-0.4, -0.2) is 15.1 Å². The Bertz CT molecular complexity index is 1110. The molecule has 0 fully saturated rings. The average Bonchev–Trinajstić information content (AvgIpc) is 2.73. The zero-order valence-electron chi connectivity index (χ0n) is 13.0. The summed E-state index contributed by atoms with van der Waals surface area (Å²) in [6, 6.07) is 24.7. The van der Waals surface area contributed by atoms with Gasteiger partial charge in [-0.15, -0.1) is 0 Å². The van der Waals surface area contributed by atoms with Gasteiger partial charge in [-0.25, -0.2) is 0 Å². The van der Waals surface area contributed by atoms with Gasteiger partial charge < -0.3 is 0 Å². The summed E-state index contributed by atoms with van der Waals surface area (Å²) in [5.74, 6) is 1.49. The summed E-state index contributed by atoms with van der Waals surface area (Å²) in [5.41, 5.74) is 2.06. The number of hydrogen-bond acceptors (Lipinski definition) is 2. The predicted octanol–water partition coefficient (Wildman–Crippen LogP) is 6.52. The van der Waals surface area contributed by atoms with Gasteiger partial charge in [-0.1, -0.05) is 0 Å². The van der Waals surface area contributed by atoms with E-state index in [0.717, 1.165) is 44.2 Å². The zero-order valence-corrected chi connectivity index (χ0v) is 16.3. The van der Waals surface area contributed by atoms with Crippen LogP contribution < -0.4 is 9.05 Å². The van der Waals surface area contributed by atoms with Crippen molar-refractivity contribution in [1.82, 2.24) is 0 Å². The standard InChI is InChI=1S/C20H12ClO2PSe/c21-24(25)22-17-11-9-13-5-1-3-7-15(13)19(17)20-16-8-4-2-6-14(16)10-12-18(20)23-24/h1-12H. The molecule has 0 unspecified atom stereocenters. The minimum atomic E-state index is -2.65. The molecule has 1 aliphatic heterocycles. The molecule has 4 aromatic carbocycles. The molecule has 0 radical (unpaired) electrons.